The van der Waals surface area contributed by atoms with Crippen LogP contribution in [0.1, 0.15) is 49.9 Å². The van der Waals surface area contributed by atoms with Crippen LogP contribution in [0.25, 0.3) is 10.9 Å². The Bertz CT molecular complexity index is 865. The number of carbonyl (C=O) groups excluding carboxylic acids is 2. The molecule has 2 aromatic rings. The molecule has 1 aliphatic rings. The number of fused-ring (bicyclic) bond motifs is 1. The quantitative estimate of drug-likeness (QED) is 0.854. The van der Waals surface area contributed by atoms with E-state index in [-0.39, 0.29) is 23.3 Å². The first-order valence-corrected chi connectivity index (χ1v) is 8.54. The number of hydrogen-bond donors (Lipinski definition) is 1. The highest BCUT2D eigenvalue weighted by molar-refractivity contribution is 7.11. The summed E-state index contributed by atoms with van der Waals surface area (Å²) in [5, 5.41) is 4.69. The van der Waals surface area contributed by atoms with Crippen molar-refractivity contribution < 1.29 is 9.59 Å². The molecule has 0 spiro atoms. The number of hydrogen-bond acceptors (Lipinski definition) is 5. The van der Waals surface area contributed by atoms with E-state index in [1.807, 2.05) is 5.38 Å². The summed E-state index contributed by atoms with van der Waals surface area (Å²) in [6.45, 7) is 7.62. The van der Waals surface area contributed by atoms with Crippen LogP contribution in [0, 0.1) is 12.8 Å². The number of carbonyl (C=O) groups is 2. The Balaban J connectivity index is 2.17. The van der Waals surface area contributed by atoms with Crippen molar-refractivity contribution in [2.24, 2.45) is 5.92 Å². The van der Waals surface area contributed by atoms with Gasteiger partial charge in [-0.1, -0.05) is 20.8 Å². The second-order valence-electron chi connectivity index (χ2n) is 6.36. The number of aromatic nitrogens is 2. The Morgan fingerprint density at radius 2 is 2.00 bits per heavy atom. The lowest BCUT2D eigenvalue weighted by atomic mass is 9.95. The Morgan fingerprint density at radius 3 is 2.65 bits per heavy atom. The number of aryl methyl sites for hydroxylation is 1. The van der Waals surface area contributed by atoms with E-state index in [1.54, 1.807) is 13.8 Å². The number of amides is 2. The largest absolute Gasteiger partial charge is 0.294 e. The van der Waals surface area contributed by atoms with Gasteiger partial charge in [0, 0.05) is 16.2 Å². The van der Waals surface area contributed by atoms with Crippen LogP contribution in [0.3, 0.4) is 0 Å². The number of nitrogens with zero attached hydrogens (tertiary/aromatic N) is 2. The van der Waals surface area contributed by atoms with Crippen LogP contribution in [0.4, 0.5) is 0 Å². The van der Waals surface area contributed by atoms with E-state index in [0.29, 0.717) is 17.6 Å². The van der Waals surface area contributed by atoms with E-state index in [1.165, 1.54) is 15.9 Å². The van der Waals surface area contributed by atoms with Gasteiger partial charge in [0.2, 0.25) is 11.8 Å². The van der Waals surface area contributed by atoms with Crippen molar-refractivity contribution in [3.05, 3.63) is 26.4 Å². The van der Waals surface area contributed by atoms with Crippen molar-refractivity contribution >= 4 is 34.1 Å². The zero-order valence-corrected chi connectivity index (χ0v) is 14.4. The summed E-state index contributed by atoms with van der Waals surface area (Å²) in [4.78, 5) is 42.3. The van der Waals surface area contributed by atoms with Crippen LogP contribution in [0.15, 0.2) is 10.2 Å². The van der Waals surface area contributed by atoms with Gasteiger partial charge in [0.1, 0.15) is 11.9 Å². The average molecular weight is 333 g/mol. The second-order valence-corrected chi connectivity index (χ2v) is 7.27. The molecule has 122 valence electrons. The molecule has 3 rings (SSSR count). The molecule has 0 aromatic carbocycles. The molecular formula is C16H19N3O3S. The average Bonchev–Trinajstić information content (AvgIpc) is 2.88. The molecule has 2 unspecified atom stereocenters. The SMILES string of the molecule is Cc1nc2c(C(C)C)scc2c(=O)n1C1CC(C)C(=O)NC1=O. The van der Waals surface area contributed by atoms with Crippen LogP contribution >= 0.6 is 11.3 Å². The molecule has 7 heteroatoms. The fraction of sp³-hybridized carbons (Fsp3) is 0.500. The Morgan fingerprint density at radius 1 is 1.30 bits per heavy atom. The van der Waals surface area contributed by atoms with Crippen LogP contribution in [-0.4, -0.2) is 21.4 Å². The van der Waals surface area contributed by atoms with Gasteiger partial charge in [0.15, 0.2) is 0 Å². The lowest BCUT2D eigenvalue weighted by Gasteiger charge is -2.27. The highest BCUT2D eigenvalue weighted by Gasteiger charge is 2.35. The molecule has 1 aliphatic heterocycles. The van der Waals surface area contributed by atoms with Crippen molar-refractivity contribution in [3.63, 3.8) is 0 Å². The molecule has 3 heterocycles. The summed E-state index contributed by atoms with van der Waals surface area (Å²) in [5.74, 6) is -0.240. The second kappa shape index (κ2) is 5.56. The van der Waals surface area contributed by atoms with E-state index in [4.69, 9.17) is 0 Å². The highest BCUT2D eigenvalue weighted by Crippen LogP contribution is 2.30. The smallest absolute Gasteiger partial charge is 0.262 e. The fourth-order valence-corrected chi connectivity index (χ4v) is 4.00. The first kappa shape index (κ1) is 15.9. The highest BCUT2D eigenvalue weighted by atomic mass is 32.1. The van der Waals surface area contributed by atoms with Crippen LogP contribution < -0.4 is 10.9 Å². The molecule has 1 N–H and O–H groups in total. The van der Waals surface area contributed by atoms with E-state index in [2.05, 4.69) is 24.1 Å². The molecule has 2 amide bonds. The molecule has 6 nitrogen and oxygen atoms in total. The number of rotatable bonds is 2. The number of piperidine rings is 1. The Labute approximate surface area is 137 Å². The number of nitrogens with one attached hydrogen (secondary N) is 1. The van der Waals surface area contributed by atoms with Gasteiger partial charge in [-0.15, -0.1) is 11.3 Å². The van der Waals surface area contributed by atoms with Crippen molar-refractivity contribution in [3.8, 4) is 0 Å². The maximum absolute atomic E-state index is 12.9. The molecule has 0 saturated carbocycles. The lowest BCUT2D eigenvalue weighted by molar-refractivity contribution is -0.138. The summed E-state index contributed by atoms with van der Waals surface area (Å²) in [7, 11) is 0. The van der Waals surface area contributed by atoms with Gasteiger partial charge < -0.3 is 0 Å². The van der Waals surface area contributed by atoms with Crippen LogP contribution in [0.2, 0.25) is 0 Å². The first-order valence-electron chi connectivity index (χ1n) is 7.66. The van der Waals surface area contributed by atoms with E-state index in [0.717, 1.165) is 10.4 Å². The molecule has 0 radical (unpaired) electrons. The molecule has 0 aliphatic carbocycles. The zero-order chi connectivity index (χ0) is 16.9. The summed E-state index contributed by atoms with van der Waals surface area (Å²) >= 11 is 1.52. The predicted octanol–water partition coefficient (Wildman–Crippen LogP) is 2.11. The minimum Gasteiger partial charge on any atom is -0.294 e. The van der Waals surface area contributed by atoms with Gasteiger partial charge in [-0.05, 0) is 19.3 Å². The van der Waals surface area contributed by atoms with Crippen LogP contribution in [-0.2, 0) is 9.59 Å². The van der Waals surface area contributed by atoms with Gasteiger partial charge in [-0.2, -0.15) is 0 Å². The van der Waals surface area contributed by atoms with E-state index in [9.17, 15) is 14.4 Å². The first-order chi connectivity index (χ1) is 10.8. The zero-order valence-electron chi connectivity index (χ0n) is 13.5. The van der Waals surface area contributed by atoms with Gasteiger partial charge in [0.05, 0.1) is 10.9 Å². The van der Waals surface area contributed by atoms with Crippen LogP contribution in [0.5, 0.6) is 0 Å². The van der Waals surface area contributed by atoms with Gasteiger partial charge in [0.25, 0.3) is 5.56 Å². The minimum absolute atomic E-state index is 0.211. The maximum Gasteiger partial charge on any atom is 0.262 e. The fourth-order valence-electron chi connectivity index (χ4n) is 3.00. The van der Waals surface area contributed by atoms with Gasteiger partial charge in [-0.25, -0.2) is 4.98 Å². The van der Waals surface area contributed by atoms with Crippen molar-refractivity contribution in [2.75, 3.05) is 0 Å². The lowest BCUT2D eigenvalue weighted by Crippen LogP contribution is -2.48. The number of imide groups is 1. The van der Waals surface area contributed by atoms with E-state index >= 15 is 0 Å². The molecule has 0 bridgehead atoms. The topological polar surface area (TPSA) is 81.1 Å². The van der Waals surface area contributed by atoms with Crippen molar-refractivity contribution in [1.29, 1.82) is 0 Å². The molecular weight excluding hydrogens is 314 g/mol. The number of thiophene rings is 1. The third-order valence-corrected chi connectivity index (χ3v) is 5.55. The summed E-state index contributed by atoms with van der Waals surface area (Å²) in [6.07, 6.45) is 0.319. The third kappa shape index (κ3) is 2.49. The Hall–Kier alpha value is -2.02. The Kier molecular flexibility index (Phi) is 3.83. The standard InChI is InChI=1S/C16H19N3O3S/c1-7(2)13-12-10(6-23-13)16(22)19(9(4)17-12)11-5-8(3)14(20)18-15(11)21/h6-8,11H,5H2,1-4H3,(H,18,20,21). The molecule has 1 saturated heterocycles. The predicted molar refractivity (Wildman–Crippen MR) is 88.7 cm³/mol. The normalized spacial score (nSPS) is 22.0. The molecule has 2 atom stereocenters. The minimum atomic E-state index is -0.686. The van der Waals surface area contributed by atoms with Crippen molar-refractivity contribution in [2.45, 2.75) is 46.1 Å². The molecule has 1 fully saturated rings. The monoisotopic (exact) mass is 333 g/mol. The van der Waals surface area contributed by atoms with Gasteiger partial charge >= 0.3 is 0 Å². The van der Waals surface area contributed by atoms with Crippen molar-refractivity contribution in [1.82, 2.24) is 14.9 Å². The third-order valence-electron chi connectivity index (χ3n) is 4.27. The summed E-state index contributed by atoms with van der Waals surface area (Å²) in [5.41, 5.74) is 0.515. The summed E-state index contributed by atoms with van der Waals surface area (Å²) < 4.78 is 1.43. The van der Waals surface area contributed by atoms with Gasteiger partial charge in [-0.3, -0.25) is 24.3 Å². The maximum atomic E-state index is 12.9. The summed E-state index contributed by atoms with van der Waals surface area (Å²) in [6, 6.07) is -0.686. The van der Waals surface area contributed by atoms with E-state index < -0.39 is 11.9 Å². The molecule has 23 heavy (non-hydrogen) atoms. The molecule has 2 aromatic heterocycles.